The summed E-state index contributed by atoms with van der Waals surface area (Å²) in [6.07, 6.45) is 0.259. The first kappa shape index (κ1) is 20.3. The van der Waals surface area contributed by atoms with Gasteiger partial charge >= 0.3 is 0 Å². The molecule has 0 radical (unpaired) electrons. The van der Waals surface area contributed by atoms with Crippen LogP contribution in [-0.4, -0.2) is 47.6 Å². The highest BCUT2D eigenvalue weighted by Crippen LogP contribution is 2.28. The summed E-state index contributed by atoms with van der Waals surface area (Å²) in [5.41, 5.74) is 0.676. The number of carbonyl (C=O) groups is 1. The second-order valence-electron chi connectivity index (χ2n) is 4.85. The summed E-state index contributed by atoms with van der Waals surface area (Å²) in [7, 11) is 1.57. The second kappa shape index (κ2) is 10.9. The molecule has 24 heavy (non-hydrogen) atoms. The lowest BCUT2D eigenvalue weighted by atomic mass is 10.2. The van der Waals surface area contributed by atoms with Crippen LogP contribution in [0.15, 0.2) is 24.3 Å². The molecule has 0 saturated carbocycles. The molecule has 0 aliphatic carbocycles. The summed E-state index contributed by atoms with van der Waals surface area (Å²) in [5, 5.41) is 8.87. The number of hydrogen-bond donors (Lipinski definition) is 0. The Bertz CT molecular complexity index is 598. The van der Waals surface area contributed by atoms with Crippen LogP contribution < -0.4 is 9.64 Å². The molecule has 1 aromatic rings. The molecule has 1 aromatic carbocycles. The zero-order chi connectivity index (χ0) is 17.9. The summed E-state index contributed by atoms with van der Waals surface area (Å²) >= 11 is 6.73. The molecule has 0 N–H and O–H groups in total. The largest absolute Gasteiger partial charge is 0.495 e. The summed E-state index contributed by atoms with van der Waals surface area (Å²) in [6.45, 7) is 6.04. The Hall–Kier alpha value is -1.78. The molecule has 1 amide bonds. The van der Waals surface area contributed by atoms with Crippen molar-refractivity contribution in [2.45, 2.75) is 20.3 Å². The Kier molecular flexibility index (Phi) is 9.20. The zero-order valence-electron chi connectivity index (χ0n) is 14.3. The minimum absolute atomic E-state index is 0.0887. The Morgan fingerprint density at radius 3 is 2.58 bits per heavy atom. The number of nitrogens with zero attached hydrogens (tertiary/aromatic N) is 3. The maximum Gasteiger partial charge on any atom is 0.237 e. The van der Waals surface area contributed by atoms with E-state index < -0.39 is 0 Å². The normalized spacial score (nSPS) is 9.92. The fourth-order valence-electron chi connectivity index (χ4n) is 2.17. The molecule has 5 nitrogen and oxygen atoms in total. The van der Waals surface area contributed by atoms with Crippen LogP contribution in [-0.2, 0) is 4.79 Å². The van der Waals surface area contributed by atoms with Gasteiger partial charge in [-0.15, -0.1) is 0 Å². The highest BCUT2D eigenvalue weighted by atomic mass is 32.2. The molecule has 0 saturated heterocycles. The summed E-state index contributed by atoms with van der Waals surface area (Å²) in [5.74, 6) is 0.757. The number of methoxy groups -OCH3 is 1. The third kappa shape index (κ3) is 5.69. The van der Waals surface area contributed by atoms with Gasteiger partial charge in [0.2, 0.25) is 5.91 Å². The van der Waals surface area contributed by atoms with Crippen LogP contribution in [0, 0.1) is 11.3 Å². The SMILES string of the molecule is CCN(CC)C(=S)SCC(=O)N(CCC#N)c1ccccc1OC. The number of rotatable bonds is 8. The number of nitriles is 1. The minimum atomic E-state index is -0.0887. The third-order valence-electron chi connectivity index (χ3n) is 3.46. The lowest BCUT2D eigenvalue weighted by Gasteiger charge is -2.25. The molecular weight excluding hydrogens is 342 g/mol. The quantitative estimate of drug-likeness (QED) is 0.659. The van der Waals surface area contributed by atoms with Crippen LogP contribution >= 0.6 is 24.0 Å². The number of thioether (sulfide) groups is 1. The van der Waals surface area contributed by atoms with Crippen LogP contribution in [0.3, 0.4) is 0 Å². The summed E-state index contributed by atoms with van der Waals surface area (Å²) in [4.78, 5) is 16.3. The van der Waals surface area contributed by atoms with Crippen molar-refractivity contribution in [3.63, 3.8) is 0 Å². The van der Waals surface area contributed by atoms with E-state index in [1.807, 2.05) is 36.9 Å². The molecule has 0 heterocycles. The van der Waals surface area contributed by atoms with Crippen molar-refractivity contribution in [1.29, 1.82) is 5.26 Å². The van der Waals surface area contributed by atoms with Gasteiger partial charge in [-0.2, -0.15) is 5.26 Å². The van der Waals surface area contributed by atoms with Crippen molar-refractivity contribution in [3.05, 3.63) is 24.3 Å². The van der Waals surface area contributed by atoms with Crippen LogP contribution in [0.25, 0.3) is 0 Å². The van der Waals surface area contributed by atoms with E-state index in [1.54, 1.807) is 18.1 Å². The first-order valence-corrected chi connectivity index (χ1v) is 9.20. The molecule has 0 unspecified atom stereocenters. The van der Waals surface area contributed by atoms with Crippen molar-refractivity contribution >= 4 is 39.9 Å². The smallest absolute Gasteiger partial charge is 0.237 e. The molecule has 0 aromatic heterocycles. The van der Waals surface area contributed by atoms with Gasteiger partial charge in [0.25, 0.3) is 0 Å². The Morgan fingerprint density at radius 1 is 1.33 bits per heavy atom. The molecule has 0 atom stereocenters. The van der Waals surface area contributed by atoms with Gasteiger partial charge in [0.1, 0.15) is 10.1 Å². The van der Waals surface area contributed by atoms with E-state index in [4.69, 9.17) is 22.2 Å². The maximum absolute atomic E-state index is 12.7. The summed E-state index contributed by atoms with van der Waals surface area (Å²) in [6, 6.07) is 9.40. The van der Waals surface area contributed by atoms with E-state index in [0.717, 1.165) is 13.1 Å². The third-order valence-corrected chi connectivity index (χ3v) is 4.97. The number of benzene rings is 1. The van der Waals surface area contributed by atoms with Crippen molar-refractivity contribution in [2.24, 2.45) is 0 Å². The van der Waals surface area contributed by atoms with Crippen LogP contribution in [0.2, 0.25) is 0 Å². The van der Waals surface area contributed by atoms with E-state index in [-0.39, 0.29) is 18.1 Å². The molecule has 130 valence electrons. The van der Waals surface area contributed by atoms with E-state index in [1.165, 1.54) is 11.8 Å². The van der Waals surface area contributed by atoms with Crippen molar-refractivity contribution in [2.75, 3.05) is 37.4 Å². The van der Waals surface area contributed by atoms with E-state index >= 15 is 0 Å². The lowest BCUT2D eigenvalue weighted by Crippen LogP contribution is -2.35. The molecule has 0 aliphatic rings. The minimum Gasteiger partial charge on any atom is -0.495 e. The number of hydrogen-bond acceptors (Lipinski definition) is 5. The van der Waals surface area contributed by atoms with Crippen LogP contribution in [0.1, 0.15) is 20.3 Å². The fourth-order valence-corrected chi connectivity index (χ4v) is 3.45. The fraction of sp³-hybridized carbons (Fsp3) is 0.471. The highest BCUT2D eigenvalue weighted by Gasteiger charge is 2.20. The van der Waals surface area contributed by atoms with Gasteiger partial charge in [0, 0.05) is 19.6 Å². The van der Waals surface area contributed by atoms with Gasteiger partial charge in [0.15, 0.2) is 0 Å². The number of amides is 1. The van der Waals surface area contributed by atoms with Gasteiger partial charge in [-0.25, -0.2) is 0 Å². The molecule has 0 bridgehead atoms. The second-order valence-corrected chi connectivity index (χ2v) is 6.46. The number of ether oxygens (including phenoxy) is 1. The van der Waals surface area contributed by atoms with Crippen molar-refractivity contribution in [1.82, 2.24) is 4.90 Å². The predicted molar refractivity (Wildman–Crippen MR) is 104 cm³/mol. The molecule has 0 spiro atoms. The first-order chi connectivity index (χ1) is 11.6. The standard InChI is InChI=1S/C17H23N3O2S2/c1-4-19(5-2)17(23)24-13-16(21)20(12-8-11-18)14-9-6-7-10-15(14)22-3/h6-7,9-10H,4-5,8,12-13H2,1-3H3. The van der Waals surface area contributed by atoms with Gasteiger partial charge in [-0.05, 0) is 26.0 Å². The topological polar surface area (TPSA) is 56.6 Å². The molecular formula is C17H23N3O2S2. The van der Waals surface area contributed by atoms with Gasteiger partial charge in [-0.3, -0.25) is 4.79 Å². The number of carbonyl (C=O) groups excluding carboxylic acids is 1. The van der Waals surface area contributed by atoms with Gasteiger partial charge < -0.3 is 14.5 Å². The lowest BCUT2D eigenvalue weighted by molar-refractivity contribution is -0.116. The average Bonchev–Trinajstić information content (AvgIpc) is 2.61. The molecule has 0 aliphatic heterocycles. The Labute approximate surface area is 153 Å². The monoisotopic (exact) mass is 365 g/mol. The summed E-state index contributed by atoms with van der Waals surface area (Å²) < 4.78 is 6.05. The van der Waals surface area contributed by atoms with Gasteiger partial charge in [0.05, 0.1) is 31.0 Å². The van der Waals surface area contributed by atoms with Gasteiger partial charge in [-0.1, -0.05) is 36.1 Å². The number of anilines is 1. The van der Waals surface area contributed by atoms with E-state index in [2.05, 4.69) is 6.07 Å². The zero-order valence-corrected chi connectivity index (χ0v) is 16.0. The Morgan fingerprint density at radius 2 is 2.00 bits per heavy atom. The number of thiocarbonyl (C=S) groups is 1. The molecule has 0 fully saturated rings. The van der Waals surface area contributed by atoms with Crippen molar-refractivity contribution in [3.8, 4) is 11.8 Å². The molecule has 7 heteroatoms. The number of para-hydroxylation sites is 2. The predicted octanol–water partition coefficient (Wildman–Crippen LogP) is 3.30. The van der Waals surface area contributed by atoms with Crippen LogP contribution in [0.4, 0.5) is 5.69 Å². The highest BCUT2D eigenvalue weighted by molar-refractivity contribution is 8.23. The Balaban J connectivity index is 2.86. The van der Waals surface area contributed by atoms with E-state index in [9.17, 15) is 4.79 Å². The average molecular weight is 366 g/mol. The first-order valence-electron chi connectivity index (χ1n) is 7.81. The van der Waals surface area contributed by atoms with E-state index in [0.29, 0.717) is 22.3 Å². The maximum atomic E-state index is 12.7. The van der Waals surface area contributed by atoms with Crippen LogP contribution in [0.5, 0.6) is 5.75 Å². The van der Waals surface area contributed by atoms with Crippen molar-refractivity contribution < 1.29 is 9.53 Å². The molecule has 1 rings (SSSR count).